The molecule has 2 heterocycles. The first-order chi connectivity index (χ1) is 15.0. The first-order valence-corrected chi connectivity index (χ1v) is 10.1. The van der Waals surface area contributed by atoms with Gasteiger partial charge in [-0.3, -0.25) is 14.5 Å². The highest BCUT2D eigenvalue weighted by atomic mass is 16.5. The maximum atomic E-state index is 13.3. The van der Waals surface area contributed by atoms with E-state index >= 15 is 0 Å². The molecule has 8 heteroatoms. The molecule has 0 bridgehead atoms. The van der Waals surface area contributed by atoms with Crippen molar-refractivity contribution in [3.8, 4) is 23.0 Å². The third-order valence-corrected chi connectivity index (χ3v) is 5.94. The zero-order chi connectivity index (χ0) is 22.1. The van der Waals surface area contributed by atoms with E-state index in [2.05, 4.69) is 4.90 Å². The number of carbonyl (C=O) groups excluding carboxylic acids is 2. The van der Waals surface area contributed by atoms with E-state index < -0.39 is 6.04 Å². The summed E-state index contributed by atoms with van der Waals surface area (Å²) in [7, 11) is 6.27. The van der Waals surface area contributed by atoms with Crippen molar-refractivity contribution in [3.63, 3.8) is 0 Å². The highest BCUT2D eigenvalue weighted by molar-refractivity contribution is 6.23. The summed E-state index contributed by atoms with van der Waals surface area (Å²) in [5.41, 5.74) is 2.67. The first-order valence-electron chi connectivity index (χ1n) is 10.1. The molecule has 0 aliphatic carbocycles. The van der Waals surface area contributed by atoms with Gasteiger partial charge in [0.05, 0.1) is 46.6 Å². The second kappa shape index (κ2) is 8.47. The fourth-order valence-electron chi connectivity index (χ4n) is 4.29. The van der Waals surface area contributed by atoms with Crippen molar-refractivity contribution >= 4 is 17.5 Å². The monoisotopic (exact) mass is 426 g/mol. The van der Waals surface area contributed by atoms with Gasteiger partial charge in [0.2, 0.25) is 5.91 Å². The van der Waals surface area contributed by atoms with Crippen LogP contribution in [0, 0.1) is 0 Å². The number of benzene rings is 2. The molecule has 1 atom stereocenters. The third-order valence-electron chi connectivity index (χ3n) is 5.94. The van der Waals surface area contributed by atoms with Gasteiger partial charge in [0.15, 0.2) is 11.5 Å². The number of hydrogen-bond donors (Lipinski definition) is 0. The lowest BCUT2D eigenvalue weighted by atomic mass is 9.97. The summed E-state index contributed by atoms with van der Waals surface area (Å²) in [5.74, 6) is 1.88. The van der Waals surface area contributed by atoms with E-state index in [1.165, 1.54) is 17.6 Å². The number of hydrogen-bond acceptors (Lipinski definition) is 7. The van der Waals surface area contributed by atoms with Crippen LogP contribution in [0.3, 0.4) is 0 Å². The molecule has 0 radical (unpaired) electrons. The van der Waals surface area contributed by atoms with E-state index in [9.17, 15) is 9.59 Å². The van der Waals surface area contributed by atoms with Crippen molar-refractivity contribution < 1.29 is 28.5 Å². The lowest BCUT2D eigenvalue weighted by Crippen LogP contribution is -2.44. The number of rotatable bonds is 6. The molecule has 1 saturated heterocycles. The van der Waals surface area contributed by atoms with Crippen LogP contribution in [0.2, 0.25) is 0 Å². The van der Waals surface area contributed by atoms with Gasteiger partial charge in [0.25, 0.3) is 5.91 Å². The Bertz CT molecular complexity index is 1020. The van der Waals surface area contributed by atoms with Crippen molar-refractivity contribution in [2.75, 3.05) is 39.9 Å². The predicted molar refractivity (Wildman–Crippen MR) is 114 cm³/mol. The normalized spacial score (nSPS) is 18.7. The number of carbonyl (C=O) groups is 2. The zero-order valence-corrected chi connectivity index (χ0v) is 18.1. The smallest absolute Gasteiger partial charge is 0.251 e. The van der Waals surface area contributed by atoms with Gasteiger partial charge in [-0.15, -0.1) is 0 Å². The molecule has 4 rings (SSSR count). The summed E-state index contributed by atoms with van der Waals surface area (Å²) in [6.45, 7) is 1.24. The van der Waals surface area contributed by atoms with Crippen molar-refractivity contribution in [1.29, 1.82) is 0 Å². The van der Waals surface area contributed by atoms with Crippen molar-refractivity contribution in [2.24, 2.45) is 0 Å². The maximum absolute atomic E-state index is 13.3. The molecule has 2 aliphatic heterocycles. The Kier molecular flexibility index (Phi) is 5.73. The van der Waals surface area contributed by atoms with Crippen LogP contribution in [0.5, 0.6) is 23.0 Å². The minimum absolute atomic E-state index is 0.136. The van der Waals surface area contributed by atoms with E-state index in [4.69, 9.17) is 18.9 Å². The van der Waals surface area contributed by atoms with Gasteiger partial charge in [-0.25, -0.2) is 4.90 Å². The number of imide groups is 1. The van der Waals surface area contributed by atoms with Crippen LogP contribution in [-0.4, -0.2) is 57.7 Å². The number of nitrogens with zero attached hydrogens (tertiary/aromatic N) is 2. The molecule has 0 spiro atoms. The van der Waals surface area contributed by atoms with E-state index in [0.717, 1.165) is 12.0 Å². The van der Waals surface area contributed by atoms with E-state index in [-0.39, 0.29) is 18.2 Å². The topological polar surface area (TPSA) is 77.5 Å². The lowest BCUT2D eigenvalue weighted by molar-refractivity contribution is -0.123. The molecule has 2 aromatic carbocycles. The van der Waals surface area contributed by atoms with Crippen LogP contribution >= 0.6 is 0 Å². The Morgan fingerprint density at radius 1 is 0.839 bits per heavy atom. The van der Waals surface area contributed by atoms with Crippen LogP contribution in [0.15, 0.2) is 30.3 Å². The van der Waals surface area contributed by atoms with Crippen LogP contribution in [0.4, 0.5) is 5.69 Å². The second-order valence-electron chi connectivity index (χ2n) is 7.52. The Morgan fingerprint density at radius 2 is 1.52 bits per heavy atom. The van der Waals surface area contributed by atoms with E-state index in [1.54, 1.807) is 39.5 Å². The number of ether oxygens (including phenoxy) is 4. The zero-order valence-electron chi connectivity index (χ0n) is 18.1. The average molecular weight is 426 g/mol. The molecular weight excluding hydrogens is 400 g/mol. The van der Waals surface area contributed by atoms with Gasteiger partial charge in [-0.1, -0.05) is 0 Å². The molecule has 0 N–H and O–H groups in total. The van der Waals surface area contributed by atoms with Gasteiger partial charge in [0.1, 0.15) is 11.5 Å². The van der Waals surface area contributed by atoms with Gasteiger partial charge in [-0.05, 0) is 41.8 Å². The summed E-state index contributed by atoms with van der Waals surface area (Å²) in [4.78, 5) is 29.4. The van der Waals surface area contributed by atoms with Crippen molar-refractivity contribution in [3.05, 3.63) is 41.5 Å². The molecule has 1 fully saturated rings. The van der Waals surface area contributed by atoms with Gasteiger partial charge < -0.3 is 18.9 Å². The average Bonchev–Trinajstić information content (AvgIpc) is 3.10. The third kappa shape index (κ3) is 3.67. The minimum atomic E-state index is -0.513. The van der Waals surface area contributed by atoms with Gasteiger partial charge in [0, 0.05) is 19.2 Å². The second-order valence-corrected chi connectivity index (χ2v) is 7.52. The summed E-state index contributed by atoms with van der Waals surface area (Å²) >= 11 is 0. The van der Waals surface area contributed by atoms with Crippen LogP contribution in [0.25, 0.3) is 0 Å². The van der Waals surface area contributed by atoms with Gasteiger partial charge >= 0.3 is 0 Å². The van der Waals surface area contributed by atoms with Crippen LogP contribution < -0.4 is 23.8 Å². The van der Waals surface area contributed by atoms with E-state index in [1.807, 2.05) is 12.1 Å². The van der Waals surface area contributed by atoms with Crippen LogP contribution in [-0.2, 0) is 22.6 Å². The molecule has 0 saturated carbocycles. The van der Waals surface area contributed by atoms with Crippen molar-refractivity contribution in [2.45, 2.75) is 25.4 Å². The number of amides is 2. The molecule has 2 aromatic rings. The Hall–Kier alpha value is -3.26. The fourth-order valence-corrected chi connectivity index (χ4v) is 4.29. The van der Waals surface area contributed by atoms with Crippen molar-refractivity contribution in [1.82, 2.24) is 4.90 Å². The fraction of sp³-hybridized carbons (Fsp3) is 0.391. The summed E-state index contributed by atoms with van der Waals surface area (Å²) in [5, 5.41) is 0. The summed E-state index contributed by atoms with van der Waals surface area (Å²) in [6, 6.07) is 8.48. The maximum Gasteiger partial charge on any atom is 0.251 e. The Labute approximate surface area is 181 Å². The first kappa shape index (κ1) is 21.0. The Balaban J connectivity index is 1.59. The molecule has 2 aliphatic rings. The highest BCUT2D eigenvalue weighted by Crippen LogP contribution is 2.38. The predicted octanol–water partition coefficient (Wildman–Crippen LogP) is 2.41. The minimum Gasteiger partial charge on any atom is -0.497 e. The molecule has 8 nitrogen and oxygen atoms in total. The van der Waals surface area contributed by atoms with Crippen LogP contribution in [0.1, 0.15) is 17.5 Å². The number of anilines is 1. The quantitative estimate of drug-likeness (QED) is 0.657. The largest absolute Gasteiger partial charge is 0.497 e. The molecule has 0 aromatic heterocycles. The molecule has 164 valence electrons. The number of methoxy groups -OCH3 is 4. The molecule has 0 unspecified atom stereocenters. The summed E-state index contributed by atoms with van der Waals surface area (Å²) in [6.07, 6.45) is 0.899. The van der Waals surface area contributed by atoms with E-state index in [0.29, 0.717) is 41.8 Å². The molecule has 2 amide bonds. The number of fused-ring (bicyclic) bond motifs is 1. The molecular formula is C23H26N2O6. The molecule has 31 heavy (non-hydrogen) atoms. The highest BCUT2D eigenvalue weighted by Gasteiger charge is 2.44. The SMILES string of the molecule is COc1ccc(N2C(=O)C[C@H](N3CCc4cc(OC)c(OC)cc4C3)C2=O)c(OC)c1. The summed E-state index contributed by atoms with van der Waals surface area (Å²) < 4.78 is 21.4. The Morgan fingerprint density at radius 3 is 2.16 bits per heavy atom. The lowest BCUT2D eigenvalue weighted by Gasteiger charge is -2.32. The van der Waals surface area contributed by atoms with Gasteiger partial charge in [-0.2, -0.15) is 0 Å². The standard InChI is InChI=1S/C23H26N2O6/c1-28-16-5-6-17(19(11-16)29-2)25-22(26)12-18(23(25)27)24-8-7-14-9-20(30-3)21(31-4)10-15(14)13-24/h5-6,9-11,18H,7-8,12-13H2,1-4H3/t18-/m0/s1.